The summed E-state index contributed by atoms with van der Waals surface area (Å²) >= 11 is 9.12. The van der Waals surface area contributed by atoms with E-state index >= 15 is 0 Å². The Morgan fingerprint density at radius 3 is 2.80 bits per heavy atom. The van der Waals surface area contributed by atoms with Crippen molar-refractivity contribution in [2.24, 2.45) is 5.92 Å². The molecule has 20 heavy (non-hydrogen) atoms. The third kappa shape index (κ3) is 2.86. The molecule has 1 heterocycles. The number of nitrogens with one attached hydrogen (secondary N) is 1. The van der Waals surface area contributed by atoms with Gasteiger partial charge in [0.25, 0.3) is 0 Å². The van der Waals surface area contributed by atoms with Crippen LogP contribution in [0.2, 0.25) is 5.15 Å². The van der Waals surface area contributed by atoms with Gasteiger partial charge in [0.05, 0.1) is 16.4 Å². The number of benzene rings is 1. The minimum Gasteiger partial charge on any atom is -0.324 e. The van der Waals surface area contributed by atoms with Gasteiger partial charge >= 0.3 is 0 Å². The van der Waals surface area contributed by atoms with Crippen LogP contribution in [0.3, 0.4) is 0 Å². The first-order chi connectivity index (χ1) is 9.65. The van der Waals surface area contributed by atoms with Gasteiger partial charge in [-0.2, -0.15) is 0 Å². The molecule has 1 aromatic heterocycles. The van der Waals surface area contributed by atoms with Crippen molar-refractivity contribution < 1.29 is 4.79 Å². The summed E-state index contributed by atoms with van der Waals surface area (Å²) in [6.07, 6.45) is 2.46. The van der Waals surface area contributed by atoms with E-state index in [0.717, 1.165) is 6.42 Å². The molecule has 2 atom stereocenters. The quantitative estimate of drug-likeness (QED) is 0.840. The van der Waals surface area contributed by atoms with Gasteiger partial charge in [0.1, 0.15) is 5.15 Å². The van der Waals surface area contributed by atoms with Gasteiger partial charge in [-0.3, -0.25) is 4.79 Å². The normalized spacial score (nSPS) is 20.5. The second-order valence-electron chi connectivity index (χ2n) is 4.85. The largest absolute Gasteiger partial charge is 0.324 e. The highest BCUT2D eigenvalue weighted by molar-refractivity contribution is 9.10. The molecule has 2 unspecified atom stereocenters. The monoisotopic (exact) mass is 350 g/mol. The van der Waals surface area contributed by atoms with Crippen molar-refractivity contribution in [3.05, 3.63) is 57.8 Å². The summed E-state index contributed by atoms with van der Waals surface area (Å²) in [6.45, 7) is 0. The number of pyridine rings is 1. The molecule has 0 saturated heterocycles. The van der Waals surface area contributed by atoms with Crippen LogP contribution in [-0.2, 0) is 4.79 Å². The molecule has 1 fully saturated rings. The van der Waals surface area contributed by atoms with E-state index in [9.17, 15) is 4.79 Å². The Morgan fingerprint density at radius 1 is 1.35 bits per heavy atom. The van der Waals surface area contributed by atoms with Crippen molar-refractivity contribution in [3.8, 4) is 0 Å². The molecule has 1 aliphatic carbocycles. The van der Waals surface area contributed by atoms with E-state index in [4.69, 9.17) is 11.6 Å². The maximum absolute atomic E-state index is 12.2. The van der Waals surface area contributed by atoms with Crippen molar-refractivity contribution >= 4 is 39.1 Å². The van der Waals surface area contributed by atoms with Crippen LogP contribution in [0.4, 0.5) is 5.69 Å². The van der Waals surface area contributed by atoms with E-state index in [-0.39, 0.29) is 11.8 Å². The fraction of sp³-hybridized carbons (Fsp3) is 0.200. The number of carbonyl (C=O) groups is 1. The van der Waals surface area contributed by atoms with Gasteiger partial charge in [0.2, 0.25) is 5.91 Å². The van der Waals surface area contributed by atoms with Gasteiger partial charge < -0.3 is 5.32 Å². The molecule has 1 N–H and O–H groups in total. The summed E-state index contributed by atoms with van der Waals surface area (Å²) in [4.78, 5) is 16.2. The number of hydrogen-bond donors (Lipinski definition) is 1. The Morgan fingerprint density at radius 2 is 2.10 bits per heavy atom. The van der Waals surface area contributed by atoms with Gasteiger partial charge in [-0.25, -0.2) is 4.98 Å². The van der Waals surface area contributed by atoms with Crippen LogP contribution in [0.5, 0.6) is 0 Å². The summed E-state index contributed by atoms with van der Waals surface area (Å²) in [7, 11) is 0. The van der Waals surface area contributed by atoms with Crippen molar-refractivity contribution in [1.82, 2.24) is 4.98 Å². The van der Waals surface area contributed by atoms with Gasteiger partial charge in [0.15, 0.2) is 0 Å². The number of hydrogen-bond acceptors (Lipinski definition) is 2. The van der Waals surface area contributed by atoms with Crippen LogP contribution in [-0.4, -0.2) is 10.9 Å². The van der Waals surface area contributed by atoms with E-state index in [1.807, 2.05) is 18.2 Å². The smallest absolute Gasteiger partial charge is 0.228 e. The summed E-state index contributed by atoms with van der Waals surface area (Å²) in [5, 5.41) is 3.27. The molecule has 0 bridgehead atoms. The van der Waals surface area contributed by atoms with E-state index in [1.54, 1.807) is 12.3 Å². The molecular formula is C15H12BrClN2O. The highest BCUT2D eigenvalue weighted by Gasteiger charge is 2.43. The molecular weight excluding hydrogens is 340 g/mol. The average molecular weight is 352 g/mol. The molecule has 5 heteroatoms. The summed E-state index contributed by atoms with van der Waals surface area (Å²) in [5.74, 6) is 0.418. The van der Waals surface area contributed by atoms with E-state index < -0.39 is 0 Å². The maximum Gasteiger partial charge on any atom is 0.228 e. The Hall–Kier alpha value is -1.39. The molecule has 0 radical (unpaired) electrons. The molecule has 1 amide bonds. The number of aromatic nitrogens is 1. The summed E-state index contributed by atoms with van der Waals surface area (Å²) in [6, 6.07) is 11.9. The van der Waals surface area contributed by atoms with Crippen molar-refractivity contribution in [2.75, 3.05) is 5.32 Å². The third-order valence-corrected chi connectivity index (χ3v) is 4.55. The lowest BCUT2D eigenvalue weighted by molar-refractivity contribution is -0.117. The average Bonchev–Trinajstić information content (AvgIpc) is 3.24. The van der Waals surface area contributed by atoms with Gasteiger partial charge in [-0.1, -0.05) is 41.9 Å². The Labute approximate surface area is 130 Å². The first-order valence-electron chi connectivity index (χ1n) is 6.32. The molecule has 0 spiro atoms. The molecule has 1 aromatic carbocycles. The molecule has 1 aliphatic rings. The number of nitrogens with zero attached hydrogens (tertiary/aromatic N) is 1. The first kappa shape index (κ1) is 13.6. The fourth-order valence-corrected chi connectivity index (χ4v) is 2.73. The zero-order valence-electron chi connectivity index (χ0n) is 10.5. The zero-order valence-corrected chi connectivity index (χ0v) is 12.9. The van der Waals surface area contributed by atoms with E-state index in [0.29, 0.717) is 21.2 Å². The Bertz CT molecular complexity index is 648. The standard InChI is InChI=1S/C15H12BrClN2O/c16-13-6-10(8-18-14(13)17)19-15(20)12-7-11(12)9-4-2-1-3-5-9/h1-6,8,11-12H,7H2,(H,19,20). The Balaban J connectivity index is 1.65. The summed E-state index contributed by atoms with van der Waals surface area (Å²) < 4.78 is 0.673. The zero-order chi connectivity index (χ0) is 14.1. The van der Waals surface area contributed by atoms with Crippen LogP contribution in [0.1, 0.15) is 17.9 Å². The van der Waals surface area contributed by atoms with Crippen LogP contribution in [0, 0.1) is 5.92 Å². The number of rotatable bonds is 3. The number of anilines is 1. The third-order valence-electron chi connectivity index (χ3n) is 3.42. The maximum atomic E-state index is 12.2. The lowest BCUT2D eigenvalue weighted by Crippen LogP contribution is -2.14. The predicted octanol–water partition coefficient (Wildman–Crippen LogP) is 4.24. The lowest BCUT2D eigenvalue weighted by atomic mass is 10.1. The molecule has 102 valence electrons. The molecule has 1 saturated carbocycles. The van der Waals surface area contributed by atoms with Crippen LogP contribution >= 0.6 is 27.5 Å². The Kier molecular flexibility index (Phi) is 3.76. The highest BCUT2D eigenvalue weighted by atomic mass is 79.9. The molecule has 3 rings (SSSR count). The van der Waals surface area contributed by atoms with E-state index in [2.05, 4.69) is 38.4 Å². The van der Waals surface area contributed by atoms with Crippen LogP contribution in [0.25, 0.3) is 0 Å². The highest BCUT2D eigenvalue weighted by Crippen LogP contribution is 2.47. The summed E-state index contributed by atoms with van der Waals surface area (Å²) in [5.41, 5.74) is 1.88. The van der Waals surface area contributed by atoms with Gasteiger partial charge in [-0.15, -0.1) is 0 Å². The second kappa shape index (κ2) is 5.54. The SMILES string of the molecule is O=C(Nc1cnc(Cl)c(Br)c1)C1CC1c1ccccc1. The fourth-order valence-electron chi connectivity index (χ4n) is 2.28. The second-order valence-corrected chi connectivity index (χ2v) is 6.06. The number of amides is 1. The van der Waals surface area contributed by atoms with Crippen molar-refractivity contribution in [1.29, 1.82) is 0 Å². The van der Waals surface area contributed by atoms with Crippen LogP contribution < -0.4 is 5.32 Å². The van der Waals surface area contributed by atoms with Crippen molar-refractivity contribution in [2.45, 2.75) is 12.3 Å². The lowest BCUT2D eigenvalue weighted by Gasteiger charge is -2.05. The number of carbonyl (C=O) groups excluding carboxylic acids is 1. The first-order valence-corrected chi connectivity index (χ1v) is 7.49. The van der Waals surface area contributed by atoms with Crippen molar-refractivity contribution in [3.63, 3.8) is 0 Å². The minimum atomic E-state index is 0.0369. The molecule has 2 aromatic rings. The molecule has 3 nitrogen and oxygen atoms in total. The van der Waals surface area contributed by atoms with E-state index in [1.165, 1.54) is 5.56 Å². The topological polar surface area (TPSA) is 42.0 Å². The van der Waals surface area contributed by atoms with Crippen LogP contribution in [0.15, 0.2) is 47.1 Å². The molecule has 0 aliphatic heterocycles. The number of halogens is 2. The minimum absolute atomic E-state index is 0.0369. The van der Waals surface area contributed by atoms with Gasteiger partial charge in [0, 0.05) is 5.92 Å². The predicted molar refractivity (Wildman–Crippen MR) is 82.9 cm³/mol. The van der Waals surface area contributed by atoms with Gasteiger partial charge in [-0.05, 0) is 39.9 Å².